The van der Waals surface area contributed by atoms with Crippen molar-refractivity contribution in [2.45, 2.75) is 44.3 Å². The van der Waals surface area contributed by atoms with Gasteiger partial charge in [0, 0.05) is 25.3 Å². The third-order valence-corrected chi connectivity index (χ3v) is 5.38. The van der Waals surface area contributed by atoms with Crippen LogP contribution in [0.1, 0.15) is 38.6 Å². The van der Waals surface area contributed by atoms with Crippen molar-refractivity contribution in [1.82, 2.24) is 29.2 Å². The number of methoxy groups -OCH3 is 1. The summed E-state index contributed by atoms with van der Waals surface area (Å²) in [5.74, 6) is 0.804. The maximum Gasteiger partial charge on any atom is 0.321 e. The van der Waals surface area contributed by atoms with E-state index in [2.05, 4.69) is 24.7 Å². The number of hydrogen-bond acceptors (Lipinski definition) is 8. The van der Waals surface area contributed by atoms with Crippen LogP contribution in [0.3, 0.4) is 0 Å². The van der Waals surface area contributed by atoms with E-state index >= 15 is 0 Å². The lowest BCUT2D eigenvalue weighted by molar-refractivity contribution is 0.375. The summed E-state index contributed by atoms with van der Waals surface area (Å²) in [4.78, 5) is 18.7. The molecular formula is C15H23N7O3S. The van der Waals surface area contributed by atoms with Gasteiger partial charge in [0.05, 0.1) is 20.0 Å². The fourth-order valence-electron chi connectivity index (χ4n) is 2.59. The first-order valence-corrected chi connectivity index (χ1v) is 9.94. The maximum absolute atomic E-state index is 12.4. The number of hydrogen-bond donors (Lipinski definition) is 1. The van der Waals surface area contributed by atoms with Crippen molar-refractivity contribution in [2.24, 2.45) is 0 Å². The minimum atomic E-state index is -3.76. The lowest BCUT2D eigenvalue weighted by Gasteiger charge is -2.16. The van der Waals surface area contributed by atoms with Gasteiger partial charge in [-0.15, -0.1) is 0 Å². The van der Waals surface area contributed by atoms with E-state index in [1.165, 1.54) is 19.6 Å². The zero-order chi connectivity index (χ0) is 18.7. The zero-order valence-electron chi connectivity index (χ0n) is 15.1. The standard InChI is InChI=1S/C15H23N7O3S/c1-11(2)22-9-13(16-10-22)26(23,24)17-8-12-18-14(20-15(19-12)25-3)21-6-4-5-7-21/h9-11,17H,4-8H2,1-3H3. The van der Waals surface area contributed by atoms with Crippen molar-refractivity contribution in [3.05, 3.63) is 18.3 Å². The first kappa shape index (κ1) is 18.5. The van der Waals surface area contributed by atoms with Gasteiger partial charge >= 0.3 is 6.01 Å². The molecular weight excluding hydrogens is 358 g/mol. The normalized spacial score (nSPS) is 15.0. The van der Waals surface area contributed by atoms with Gasteiger partial charge in [-0.05, 0) is 26.7 Å². The Bertz CT molecular complexity index is 860. The van der Waals surface area contributed by atoms with Crippen molar-refractivity contribution < 1.29 is 13.2 Å². The van der Waals surface area contributed by atoms with E-state index < -0.39 is 10.0 Å². The number of anilines is 1. The molecule has 11 heteroatoms. The quantitative estimate of drug-likeness (QED) is 0.746. The van der Waals surface area contributed by atoms with Crippen LogP contribution >= 0.6 is 0 Å². The Morgan fingerprint density at radius 3 is 2.58 bits per heavy atom. The van der Waals surface area contributed by atoms with E-state index in [0.717, 1.165) is 25.9 Å². The Morgan fingerprint density at radius 1 is 1.23 bits per heavy atom. The second-order valence-electron chi connectivity index (χ2n) is 6.31. The molecule has 2 aromatic heterocycles. The molecule has 26 heavy (non-hydrogen) atoms. The molecule has 0 saturated carbocycles. The molecule has 0 bridgehead atoms. The summed E-state index contributed by atoms with van der Waals surface area (Å²) >= 11 is 0. The van der Waals surface area contributed by atoms with Gasteiger partial charge in [0.1, 0.15) is 0 Å². The molecule has 0 unspecified atom stereocenters. The summed E-state index contributed by atoms with van der Waals surface area (Å²) in [6.45, 7) is 5.55. The Kier molecular flexibility index (Phi) is 5.37. The lowest BCUT2D eigenvalue weighted by Crippen LogP contribution is -2.26. The lowest BCUT2D eigenvalue weighted by atomic mass is 10.4. The molecule has 3 heterocycles. The fraction of sp³-hybridized carbons (Fsp3) is 0.600. The van der Waals surface area contributed by atoms with Crippen LogP contribution in [-0.2, 0) is 16.6 Å². The third kappa shape index (κ3) is 4.10. The van der Waals surface area contributed by atoms with Gasteiger partial charge in [0.25, 0.3) is 10.0 Å². The number of aromatic nitrogens is 5. The average Bonchev–Trinajstić information content (AvgIpc) is 3.31. The van der Waals surface area contributed by atoms with E-state index in [1.807, 2.05) is 18.7 Å². The van der Waals surface area contributed by atoms with Crippen LogP contribution in [0.25, 0.3) is 0 Å². The fourth-order valence-corrected chi connectivity index (χ4v) is 3.50. The second-order valence-corrected chi connectivity index (χ2v) is 8.02. The number of sulfonamides is 1. The molecule has 0 aromatic carbocycles. The Hall–Kier alpha value is -2.27. The second kappa shape index (κ2) is 7.54. The minimum absolute atomic E-state index is 0.0352. The van der Waals surface area contributed by atoms with Gasteiger partial charge < -0.3 is 14.2 Å². The summed E-state index contributed by atoms with van der Waals surface area (Å²) in [5.41, 5.74) is 0. The van der Waals surface area contributed by atoms with Crippen molar-refractivity contribution in [1.29, 1.82) is 0 Å². The summed E-state index contributed by atoms with van der Waals surface area (Å²) < 4.78 is 34.2. The Balaban J connectivity index is 1.76. The summed E-state index contributed by atoms with van der Waals surface area (Å²) in [5, 5.41) is -0.0352. The van der Waals surface area contributed by atoms with Gasteiger partial charge in [-0.3, -0.25) is 0 Å². The largest absolute Gasteiger partial charge is 0.467 e. The Labute approximate surface area is 152 Å². The number of imidazole rings is 1. The molecule has 10 nitrogen and oxygen atoms in total. The van der Waals surface area contributed by atoms with E-state index in [9.17, 15) is 8.42 Å². The molecule has 3 rings (SSSR count). The maximum atomic E-state index is 12.4. The topological polar surface area (TPSA) is 115 Å². The van der Waals surface area contributed by atoms with Gasteiger partial charge in [0.15, 0.2) is 10.9 Å². The van der Waals surface area contributed by atoms with Crippen LogP contribution in [-0.4, -0.2) is 53.1 Å². The van der Waals surface area contributed by atoms with E-state index in [-0.39, 0.29) is 23.6 Å². The molecule has 0 aliphatic carbocycles. The molecule has 1 fully saturated rings. The molecule has 1 saturated heterocycles. The molecule has 2 aromatic rings. The van der Waals surface area contributed by atoms with Crippen molar-refractivity contribution in [2.75, 3.05) is 25.1 Å². The number of rotatable bonds is 7. The van der Waals surface area contributed by atoms with Crippen LogP contribution in [0.4, 0.5) is 5.95 Å². The number of ether oxygens (including phenoxy) is 1. The Morgan fingerprint density at radius 2 is 1.96 bits per heavy atom. The van der Waals surface area contributed by atoms with Crippen LogP contribution < -0.4 is 14.4 Å². The molecule has 0 spiro atoms. The summed E-state index contributed by atoms with van der Waals surface area (Å²) in [6, 6.07) is 0.294. The highest BCUT2D eigenvalue weighted by Gasteiger charge is 2.21. The highest BCUT2D eigenvalue weighted by Crippen LogP contribution is 2.18. The van der Waals surface area contributed by atoms with Gasteiger partial charge in [-0.25, -0.2) is 18.1 Å². The molecule has 1 N–H and O–H groups in total. The van der Waals surface area contributed by atoms with Crippen molar-refractivity contribution in [3.8, 4) is 6.01 Å². The summed E-state index contributed by atoms with van der Waals surface area (Å²) in [7, 11) is -2.29. The molecule has 0 atom stereocenters. The number of nitrogens with zero attached hydrogens (tertiary/aromatic N) is 6. The van der Waals surface area contributed by atoms with Crippen LogP contribution in [0.5, 0.6) is 6.01 Å². The SMILES string of the molecule is COc1nc(CNS(=O)(=O)c2cn(C(C)C)cn2)nc(N2CCCC2)n1. The first-order valence-electron chi connectivity index (χ1n) is 8.46. The molecule has 142 valence electrons. The predicted octanol–water partition coefficient (Wildman–Crippen LogP) is 0.736. The predicted molar refractivity (Wildman–Crippen MR) is 94.5 cm³/mol. The van der Waals surface area contributed by atoms with Gasteiger partial charge in [-0.2, -0.15) is 15.0 Å². The third-order valence-electron chi connectivity index (χ3n) is 4.09. The van der Waals surface area contributed by atoms with Gasteiger partial charge in [-0.1, -0.05) is 0 Å². The number of nitrogens with one attached hydrogen (secondary N) is 1. The first-order chi connectivity index (χ1) is 12.4. The minimum Gasteiger partial charge on any atom is -0.467 e. The zero-order valence-corrected chi connectivity index (χ0v) is 15.9. The van der Waals surface area contributed by atoms with E-state index in [1.54, 1.807) is 4.57 Å². The van der Waals surface area contributed by atoms with Crippen molar-refractivity contribution >= 4 is 16.0 Å². The smallest absolute Gasteiger partial charge is 0.321 e. The summed E-state index contributed by atoms with van der Waals surface area (Å²) in [6.07, 6.45) is 5.15. The van der Waals surface area contributed by atoms with Crippen LogP contribution in [0.15, 0.2) is 17.6 Å². The van der Waals surface area contributed by atoms with Gasteiger partial charge in [0.2, 0.25) is 5.95 Å². The molecule has 1 aliphatic heterocycles. The highest BCUT2D eigenvalue weighted by atomic mass is 32.2. The van der Waals surface area contributed by atoms with E-state index in [0.29, 0.717) is 11.8 Å². The average molecular weight is 381 g/mol. The molecule has 1 aliphatic rings. The highest BCUT2D eigenvalue weighted by molar-refractivity contribution is 7.89. The molecule has 0 amide bonds. The monoisotopic (exact) mass is 381 g/mol. The van der Waals surface area contributed by atoms with Crippen molar-refractivity contribution in [3.63, 3.8) is 0 Å². The van der Waals surface area contributed by atoms with Crippen LogP contribution in [0, 0.1) is 0 Å². The van der Waals surface area contributed by atoms with E-state index in [4.69, 9.17) is 4.74 Å². The molecule has 0 radical (unpaired) electrons. The van der Waals surface area contributed by atoms with Crippen LogP contribution in [0.2, 0.25) is 0 Å².